The van der Waals surface area contributed by atoms with Gasteiger partial charge in [0.15, 0.2) is 0 Å². The Morgan fingerprint density at radius 1 is 1.24 bits per heavy atom. The zero-order valence-corrected chi connectivity index (χ0v) is 10.8. The van der Waals surface area contributed by atoms with Crippen LogP contribution in [0.2, 0.25) is 10.0 Å². The molecule has 2 nitrogen and oxygen atoms in total. The van der Waals surface area contributed by atoms with Crippen LogP contribution in [0.4, 0.5) is 10.1 Å². The van der Waals surface area contributed by atoms with Crippen molar-refractivity contribution >= 4 is 28.9 Å². The third-order valence-corrected chi connectivity index (χ3v) is 3.51. The van der Waals surface area contributed by atoms with Gasteiger partial charge in [-0.25, -0.2) is 4.39 Å². The summed E-state index contributed by atoms with van der Waals surface area (Å²) < 4.78 is 18.3. The van der Waals surface area contributed by atoms with Crippen LogP contribution < -0.4 is 5.32 Å². The predicted octanol–water partition coefficient (Wildman–Crippen LogP) is 3.97. The molecule has 1 aliphatic rings. The van der Waals surface area contributed by atoms with Gasteiger partial charge in [-0.15, -0.1) is 0 Å². The average molecular weight is 278 g/mol. The summed E-state index contributed by atoms with van der Waals surface area (Å²) >= 11 is 11.9. The van der Waals surface area contributed by atoms with Crippen molar-refractivity contribution in [3.63, 3.8) is 0 Å². The minimum Gasteiger partial charge on any atom is -0.382 e. The molecule has 0 aliphatic carbocycles. The van der Waals surface area contributed by atoms with Crippen molar-refractivity contribution in [2.24, 2.45) is 5.92 Å². The summed E-state index contributed by atoms with van der Waals surface area (Å²) in [6.07, 6.45) is 2.06. The summed E-state index contributed by atoms with van der Waals surface area (Å²) in [6.45, 7) is 2.39. The van der Waals surface area contributed by atoms with Gasteiger partial charge in [0.1, 0.15) is 5.82 Å². The summed E-state index contributed by atoms with van der Waals surface area (Å²) in [5.41, 5.74) is 0.612. The van der Waals surface area contributed by atoms with E-state index >= 15 is 0 Å². The number of hydrogen-bond acceptors (Lipinski definition) is 2. The van der Waals surface area contributed by atoms with Gasteiger partial charge < -0.3 is 10.1 Å². The van der Waals surface area contributed by atoms with Crippen molar-refractivity contribution in [3.05, 3.63) is 28.0 Å². The highest BCUT2D eigenvalue weighted by Crippen LogP contribution is 2.31. The van der Waals surface area contributed by atoms with Crippen LogP contribution in [-0.2, 0) is 4.74 Å². The van der Waals surface area contributed by atoms with Gasteiger partial charge in [0.2, 0.25) is 0 Å². The fourth-order valence-corrected chi connectivity index (χ4v) is 2.50. The number of benzene rings is 1. The number of anilines is 1. The molecule has 94 valence electrons. The van der Waals surface area contributed by atoms with Crippen LogP contribution in [0.5, 0.6) is 0 Å². The standard InChI is InChI=1S/C12H14Cl2FNO/c13-10-5-9(15)6-11(14)12(10)16-7-8-1-3-17-4-2-8/h5-6,8,16H,1-4,7H2. The molecule has 2 rings (SSSR count). The number of rotatable bonds is 3. The molecular weight excluding hydrogens is 264 g/mol. The van der Waals surface area contributed by atoms with Crippen LogP contribution in [-0.4, -0.2) is 19.8 Å². The minimum absolute atomic E-state index is 0.321. The summed E-state index contributed by atoms with van der Waals surface area (Å²) in [7, 11) is 0. The van der Waals surface area contributed by atoms with Crippen LogP contribution in [0.3, 0.4) is 0 Å². The molecule has 1 N–H and O–H groups in total. The summed E-state index contributed by atoms with van der Waals surface area (Å²) in [4.78, 5) is 0. The molecule has 0 amide bonds. The molecule has 1 fully saturated rings. The van der Waals surface area contributed by atoms with E-state index in [0.29, 0.717) is 21.7 Å². The molecule has 1 saturated heterocycles. The summed E-state index contributed by atoms with van der Waals surface area (Å²) in [5, 5.41) is 3.83. The smallest absolute Gasteiger partial charge is 0.126 e. The van der Waals surface area contributed by atoms with E-state index in [4.69, 9.17) is 27.9 Å². The Morgan fingerprint density at radius 3 is 2.41 bits per heavy atom. The molecule has 1 aromatic carbocycles. The van der Waals surface area contributed by atoms with Crippen molar-refractivity contribution in [2.45, 2.75) is 12.8 Å². The Bertz CT molecular complexity index is 371. The van der Waals surface area contributed by atoms with Crippen molar-refractivity contribution in [2.75, 3.05) is 25.1 Å². The molecule has 0 aromatic heterocycles. The normalized spacial score (nSPS) is 17.1. The van der Waals surface area contributed by atoms with Gasteiger partial charge in [-0.3, -0.25) is 0 Å². The van der Waals surface area contributed by atoms with Gasteiger partial charge >= 0.3 is 0 Å². The molecule has 0 spiro atoms. The molecule has 0 saturated carbocycles. The molecule has 1 aromatic rings. The molecule has 1 heterocycles. The van der Waals surface area contributed by atoms with Crippen LogP contribution >= 0.6 is 23.2 Å². The van der Waals surface area contributed by atoms with Crippen molar-refractivity contribution in [3.8, 4) is 0 Å². The van der Waals surface area contributed by atoms with Crippen molar-refractivity contribution in [1.82, 2.24) is 0 Å². The first-order valence-corrected chi connectivity index (χ1v) is 6.38. The second-order valence-electron chi connectivity index (χ2n) is 4.18. The number of hydrogen-bond donors (Lipinski definition) is 1. The van der Waals surface area contributed by atoms with Gasteiger partial charge in [0.05, 0.1) is 15.7 Å². The Labute approximate surface area is 110 Å². The van der Waals surface area contributed by atoms with Gasteiger partial charge in [-0.1, -0.05) is 23.2 Å². The Kier molecular flexibility index (Phi) is 4.48. The maximum Gasteiger partial charge on any atom is 0.126 e. The Hall–Kier alpha value is -0.510. The molecule has 0 atom stereocenters. The predicted molar refractivity (Wildman–Crippen MR) is 68.5 cm³/mol. The van der Waals surface area contributed by atoms with E-state index < -0.39 is 5.82 Å². The van der Waals surface area contributed by atoms with Gasteiger partial charge in [-0.05, 0) is 30.9 Å². The maximum absolute atomic E-state index is 13.0. The van der Waals surface area contributed by atoms with E-state index in [1.165, 1.54) is 12.1 Å². The molecule has 5 heteroatoms. The quantitative estimate of drug-likeness (QED) is 0.903. The number of nitrogens with one attached hydrogen (secondary N) is 1. The van der Waals surface area contributed by atoms with Crippen LogP contribution in [0, 0.1) is 11.7 Å². The van der Waals surface area contributed by atoms with E-state index in [1.807, 2.05) is 0 Å². The molecule has 0 bridgehead atoms. The fraction of sp³-hybridized carbons (Fsp3) is 0.500. The van der Waals surface area contributed by atoms with Gasteiger partial charge in [0, 0.05) is 19.8 Å². The van der Waals surface area contributed by atoms with Crippen LogP contribution in [0.15, 0.2) is 12.1 Å². The fourth-order valence-electron chi connectivity index (χ4n) is 1.91. The molecular formula is C12H14Cl2FNO. The number of ether oxygens (including phenoxy) is 1. The lowest BCUT2D eigenvalue weighted by atomic mass is 10.0. The minimum atomic E-state index is -0.420. The lowest BCUT2D eigenvalue weighted by molar-refractivity contribution is 0.0699. The first-order valence-electron chi connectivity index (χ1n) is 5.63. The monoisotopic (exact) mass is 277 g/mol. The second-order valence-corrected chi connectivity index (χ2v) is 5.00. The first-order chi connectivity index (χ1) is 8.16. The van der Waals surface area contributed by atoms with Gasteiger partial charge in [-0.2, -0.15) is 0 Å². The number of halogens is 3. The lowest BCUT2D eigenvalue weighted by Crippen LogP contribution is -2.22. The first kappa shape index (κ1) is 12.9. The average Bonchev–Trinajstić information content (AvgIpc) is 2.29. The largest absolute Gasteiger partial charge is 0.382 e. The van der Waals surface area contributed by atoms with E-state index in [2.05, 4.69) is 5.32 Å². The topological polar surface area (TPSA) is 21.3 Å². The molecule has 0 unspecified atom stereocenters. The van der Waals surface area contributed by atoms with Crippen molar-refractivity contribution in [1.29, 1.82) is 0 Å². The van der Waals surface area contributed by atoms with E-state index in [0.717, 1.165) is 32.6 Å². The SMILES string of the molecule is Fc1cc(Cl)c(NCC2CCOCC2)c(Cl)c1. The maximum atomic E-state index is 13.0. The summed E-state index contributed by atoms with van der Waals surface area (Å²) in [5.74, 6) is 0.137. The highest BCUT2D eigenvalue weighted by molar-refractivity contribution is 6.39. The van der Waals surface area contributed by atoms with Crippen molar-refractivity contribution < 1.29 is 9.13 Å². The van der Waals surface area contributed by atoms with Gasteiger partial charge in [0.25, 0.3) is 0 Å². The lowest BCUT2D eigenvalue weighted by Gasteiger charge is -2.23. The Morgan fingerprint density at radius 2 is 1.82 bits per heavy atom. The van der Waals surface area contributed by atoms with Crippen LogP contribution in [0.25, 0.3) is 0 Å². The zero-order valence-electron chi connectivity index (χ0n) is 9.31. The van der Waals surface area contributed by atoms with E-state index in [9.17, 15) is 4.39 Å². The third-order valence-electron chi connectivity index (χ3n) is 2.92. The molecule has 17 heavy (non-hydrogen) atoms. The summed E-state index contributed by atoms with van der Waals surface area (Å²) in [6, 6.07) is 2.53. The third kappa shape index (κ3) is 3.47. The second kappa shape index (κ2) is 5.89. The molecule has 1 aliphatic heterocycles. The highest BCUT2D eigenvalue weighted by Gasteiger charge is 2.15. The Balaban J connectivity index is 1.98. The van der Waals surface area contributed by atoms with E-state index in [1.54, 1.807) is 0 Å². The highest BCUT2D eigenvalue weighted by atomic mass is 35.5. The molecule has 0 radical (unpaired) electrons. The zero-order chi connectivity index (χ0) is 12.3. The van der Waals surface area contributed by atoms with E-state index in [-0.39, 0.29) is 0 Å². The van der Waals surface area contributed by atoms with Crippen LogP contribution in [0.1, 0.15) is 12.8 Å².